The highest BCUT2D eigenvalue weighted by atomic mass is 16.5. The maximum absolute atomic E-state index is 5.26. The van der Waals surface area contributed by atoms with E-state index in [0.717, 1.165) is 31.0 Å². The zero-order valence-electron chi connectivity index (χ0n) is 8.80. The van der Waals surface area contributed by atoms with E-state index < -0.39 is 0 Å². The quantitative estimate of drug-likeness (QED) is 0.651. The predicted octanol–water partition coefficient (Wildman–Crippen LogP) is 3.24. The highest BCUT2D eigenvalue weighted by molar-refractivity contribution is 4.80. The molecule has 0 aromatic heterocycles. The zero-order chi connectivity index (χ0) is 9.10. The molecule has 0 aromatic carbocycles. The topological polar surface area (TPSA) is 9.23 Å². The van der Waals surface area contributed by atoms with E-state index in [4.69, 9.17) is 4.74 Å². The van der Waals surface area contributed by atoms with Gasteiger partial charge in [-0.3, -0.25) is 0 Å². The van der Waals surface area contributed by atoms with Crippen LogP contribution in [0, 0.1) is 17.8 Å². The Bertz CT molecular complexity index is 143. The summed E-state index contributed by atoms with van der Waals surface area (Å²) in [4.78, 5) is 0. The summed E-state index contributed by atoms with van der Waals surface area (Å²) >= 11 is 0. The molecule has 1 heterocycles. The Morgan fingerprint density at radius 1 is 1.00 bits per heavy atom. The molecule has 0 atom stereocenters. The molecular weight excluding hydrogens is 160 g/mol. The molecule has 1 nitrogen and oxygen atoms in total. The Morgan fingerprint density at radius 3 is 2.15 bits per heavy atom. The third-order valence-electron chi connectivity index (χ3n) is 3.92. The van der Waals surface area contributed by atoms with E-state index in [1.807, 2.05) is 0 Å². The van der Waals surface area contributed by atoms with Crippen molar-refractivity contribution in [3.05, 3.63) is 0 Å². The fraction of sp³-hybridized carbons (Fsp3) is 1.00. The van der Waals surface area contributed by atoms with Gasteiger partial charge >= 0.3 is 0 Å². The van der Waals surface area contributed by atoms with Gasteiger partial charge in [-0.05, 0) is 24.7 Å². The second kappa shape index (κ2) is 4.45. The Balaban J connectivity index is 1.69. The fourth-order valence-electron chi connectivity index (χ4n) is 2.88. The van der Waals surface area contributed by atoms with Crippen molar-refractivity contribution in [1.29, 1.82) is 0 Å². The molecule has 2 aliphatic rings. The summed E-state index contributed by atoms with van der Waals surface area (Å²) in [6.07, 6.45) is 8.80. The van der Waals surface area contributed by atoms with Gasteiger partial charge in [0.25, 0.3) is 0 Å². The van der Waals surface area contributed by atoms with E-state index in [2.05, 4.69) is 6.92 Å². The van der Waals surface area contributed by atoms with E-state index in [9.17, 15) is 0 Å². The summed E-state index contributed by atoms with van der Waals surface area (Å²) in [6, 6.07) is 0. The van der Waals surface area contributed by atoms with Gasteiger partial charge < -0.3 is 4.74 Å². The molecule has 0 N–H and O–H groups in total. The Morgan fingerprint density at radius 2 is 1.69 bits per heavy atom. The van der Waals surface area contributed by atoms with Crippen LogP contribution in [0.5, 0.6) is 0 Å². The van der Waals surface area contributed by atoms with E-state index in [1.165, 1.54) is 38.5 Å². The molecule has 1 aliphatic heterocycles. The molecule has 1 saturated heterocycles. The summed E-state index contributed by atoms with van der Waals surface area (Å²) in [5, 5.41) is 0. The van der Waals surface area contributed by atoms with Crippen LogP contribution >= 0.6 is 0 Å². The maximum Gasteiger partial charge on any atom is 0.0519 e. The lowest BCUT2D eigenvalue weighted by molar-refractivity contribution is -0.0703. The molecule has 13 heavy (non-hydrogen) atoms. The third-order valence-corrected chi connectivity index (χ3v) is 3.92. The van der Waals surface area contributed by atoms with Crippen molar-refractivity contribution in [2.45, 2.75) is 45.4 Å². The van der Waals surface area contributed by atoms with E-state index in [-0.39, 0.29) is 0 Å². The van der Waals surface area contributed by atoms with Crippen molar-refractivity contribution in [3.8, 4) is 0 Å². The molecule has 0 bridgehead atoms. The monoisotopic (exact) mass is 182 g/mol. The van der Waals surface area contributed by atoms with Gasteiger partial charge in [-0.15, -0.1) is 0 Å². The molecule has 0 aromatic rings. The van der Waals surface area contributed by atoms with Crippen LogP contribution in [0.25, 0.3) is 0 Å². The average Bonchev–Trinajstić information content (AvgIpc) is 2.06. The van der Waals surface area contributed by atoms with Crippen molar-refractivity contribution in [2.75, 3.05) is 13.2 Å². The summed E-state index contributed by atoms with van der Waals surface area (Å²) < 4.78 is 5.26. The van der Waals surface area contributed by atoms with Crippen LogP contribution in [0.4, 0.5) is 0 Å². The highest BCUT2D eigenvalue weighted by Crippen LogP contribution is 2.37. The molecule has 0 spiro atoms. The van der Waals surface area contributed by atoms with Gasteiger partial charge in [0.05, 0.1) is 13.2 Å². The minimum atomic E-state index is 0.933. The second-order valence-electron chi connectivity index (χ2n) is 4.87. The Labute approximate surface area is 81.9 Å². The molecule has 2 rings (SSSR count). The first-order valence-corrected chi connectivity index (χ1v) is 5.98. The first-order chi connectivity index (χ1) is 6.40. The van der Waals surface area contributed by atoms with E-state index >= 15 is 0 Å². The zero-order valence-corrected chi connectivity index (χ0v) is 8.80. The number of ether oxygens (including phenoxy) is 1. The largest absolute Gasteiger partial charge is 0.381 e. The number of hydrogen-bond donors (Lipinski definition) is 0. The van der Waals surface area contributed by atoms with Gasteiger partial charge in [0.15, 0.2) is 0 Å². The van der Waals surface area contributed by atoms with Gasteiger partial charge in [0, 0.05) is 5.92 Å². The average molecular weight is 182 g/mol. The lowest BCUT2D eigenvalue weighted by Gasteiger charge is -2.38. The van der Waals surface area contributed by atoms with Crippen molar-refractivity contribution in [3.63, 3.8) is 0 Å². The Kier molecular flexibility index (Phi) is 3.26. The molecule has 0 amide bonds. The van der Waals surface area contributed by atoms with Crippen LogP contribution in [0.2, 0.25) is 0 Å². The first-order valence-electron chi connectivity index (χ1n) is 5.98. The summed E-state index contributed by atoms with van der Waals surface area (Å²) in [5.41, 5.74) is 0. The lowest BCUT2D eigenvalue weighted by Crippen LogP contribution is -2.36. The van der Waals surface area contributed by atoms with Gasteiger partial charge in [0.1, 0.15) is 0 Å². The molecule has 0 unspecified atom stereocenters. The summed E-state index contributed by atoms with van der Waals surface area (Å²) in [7, 11) is 0. The fourth-order valence-corrected chi connectivity index (χ4v) is 2.88. The summed E-state index contributed by atoms with van der Waals surface area (Å²) in [6.45, 7) is 4.43. The van der Waals surface area contributed by atoms with Crippen LogP contribution in [0.1, 0.15) is 45.4 Å². The third kappa shape index (κ3) is 2.25. The van der Waals surface area contributed by atoms with Crippen molar-refractivity contribution in [1.82, 2.24) is 0 Å². The normalized spacial score (nSPS) is 35.8. The standard InChI is InChI=1S/C12H22O/c1-2-3-10-4-6-11(7-5-10)12-8-13-9-12/h10-12H,2-9H2,1H3/t10-,11-. The SMILES string of the molecule is CCC[C@H]1CC[C@H](C2COC2)CC1. The predicted molar refractivity (Wildman–Crippen MR) is 54.7 cm³/mol. The molecule has 76 valence electrons. The van der Waals surface area contributed by atoms with Gasteiger partial charge in [-0.25, -0.2) is 0 Å². The second-order valence-corrected chi connectivity index (χ2v) is 4.87. The van der Waals surface area contributed by atoms with Crippen LogP contribution in [-0.4, -0.2) is 13.2 Å². The Hall–Kier alpha value is -0.0400. The van der Waals surface area contributed by atoms with Crippen molar-refractivity contribution >= 4 is 0 Å². The van der Waals surface area contributed by atoms with E-state index in [1.54, 1.807) is 0 Å². The lowest BCUT2D eigenvalue weighted by atomic mass is 9.74. The van der Waals surface area contributed by atoms with Gasteiger partial charge in [-0.2, -0.15) is 0 Å². The van der Waals surface area contributed by atoms with Crippen LogP contribution in [0.3, 0.4) is 0 Å². The number of rotatable bonds is 3. The van der Waals surface area contributed by atoms with Crippen molar-refractivity contribution in [2.24, 2.45) is 17.8 Å². The smallest absolute Gasteiger partial charge is 0.0519 e. The highest BCUT2D eigenvalue weighted by Gasteiger charge is 2.31. The minimum Gasteiger partial charge on any atom is -0.381 e. The molecule has 0 radical (unpaired) electrons. The number of hydrogen-bond acceptors (Lipinski definition) is 1. The van der Waals surface area contributed by atoms with Gasteiger partial charge in [-0.1, -0.05) is 32.6 Å². The molecule has 1 heteroatoms. The molecular formula is C12H22O. The molecule has 2 fully saturated rings. The molecule has 1 saturated carbocycles. The summed E-state index contributed by atoms with van der Waals surface area (Å²) in [5.74, 6) is 3.01. The van der Waals surface area contributed by atoms with Crippen LogP contribution in [0.15, 0.2) is 0 Å². The maximum atomic E-state index is 5.26. The van der Waals surface area contributed by atoms with Crippen molar-refractivity contribution < 1.29 is 4.74 Å². The van der Waals surface area contributed by atoms with Crippen LogP contribution in [-0.2, 0) is 4.74 Å². The first kappa shape index (κ1) is 9.51. The molecule has 1 aliphatic carbocycles. The van der Waals surface area contributed by atoms with Crippen LogP contribution < -0.4 is 0 Å². The van der Waals surface area contributed by atoms with Gasteiger partial charge in [0.2, 0.25) is 0 Å². The van der Waals surface area contributed by atoms with E-state index in [0.29, 0.717) is 0 Å². The minimum absolute atomic E-state index is 0.933.